The normalized spacial score (nSPS) is 16.0. The summed E-state index contributed by atoms with van der Waals surface area (Å²) in [6.07, 6.45) is 6.81. The standard InChI is InChI=1S/C11H23O/c1-4-6-7-11(5-2)9-8-10(3)12/h10-12H,3-9H2,1-2H3. The molecule has 0 rings (SSSR count). The van der Waals surface area contributed by atoms with Gasteiger partial charge in [-0.05, 0) is 25.7 Å². The second-order valence-corrected chi connectivity index (χ2v) is 3.65. The number of aliphatic hydroxyl groups excluding tert-OH is 1. The van der Waals surface area contributed by atoms with Crippen LogP contribution in [0.25, 0.3) is 0 Å². The Kier molecular flexibility index (Phi) is 7.58. The number of aliphatic hydroxyl groups is 1. The maximum absolute atomic E-state index is 9.01. The van der Waals surface area contributed by atoms with Gasteiger partial charge in [0.1, 0.15) is 0 Å². The van der Waals surface area contributed by atoms with Crippen molar-refractivity contribution in [3.63, 3.8) is 0 Å². The smallest absolute Gasteiger partial charge is 0.0541 e. The molecule has 0 aromatic carbocycles. The molecule has 0 aliphatic rings. The molecule has 0 fully saturated rings. The number of rotatable bonds is 7. The fraction of sp³-hybridized carbons (Fsp3) is 0.909. The summed E-state index contributed by atoms with van der Waals surface area (Å²) in [5.41, 5.74) is 0. The van der Waals surface area contributed by atoms with Gasteiger partial charge in [0.25, 0.3) is 0 Å². The molecule has 2 unspecified atom stereocenters. The lowest BCUT2D eigenvalue weighted by Gasteiger charge is -2.14. The van der Waals surface area contributed by atoms with E-state index in [1.165, 1.54) is 25.7 Å². The first-order valence-electron chi connectivity index (χ1n) is 5.21. The average Bonchev–Trinajstić information content (AvgIpc) is 2.05. The van der Waals surface area contributed by atoms with Crippen molar-refractivity contribution in [2.75, 3.05) is 0 Å². The maximum Gasteiger partial charge on any atom is 0.0541 e. The quantitative estimate of drug-likeness (QED) is 0.623. The van der Waals surface area contributed by atoms with Gasteiger partial charge in [-0.1, -0.05) is 39.5 Å². The van der Waals surface area contributed by atoms with Gasteiger partial charge in [-0.15, -0.1) is 0 Å². The Labute approximate surface area is 77.2 Å². The van der Waals surface area contributed by atoms with Gasteiger partial charge < -0.3 is 5.11 Å². The predicted octanol–water partition coefficient (Wildman–Crippen LogP) is 3.18. The molecule has 0 saturated heterocycles. The summed E-state index contributed by atoms with van der Waals surface area (Å²) in [7, 11) is 0. The van der Waals surface area contributed by atoms with E-state index in [1.807, 2.05) is 0 Å². The molecule has 0 spiro atoms. The minimum absolute atomic E-state index is 0.360. The van der Waals surface area contributed by atoms with E-state index in [2.05, 4.69) is 20.8 Å². The Balaban J connectivity index is 3.39. The van der Waals surface area contributed by atoms with Crippen molar-refractivity contribution in [1.82, 2.24) is 0 Å². The zero-order valence-electron chi connectivity index (χ0n) is 8.55. The van der Waals surface area contributed by atoms with Gasteiger partial charge in [-0.25, -0.2) is 0 Å². The summed E-state index contributed by atoms with van der Waals surface area (Å²) >= 11 is 0. The highest BCUT2D eigenvalue weighted by molar-refractivity contribution is 4.63. The Morgan fingerprint density at radius 2 is 1.83 bits per heavy atom. The van der Waals surface area contributed by atoms with Gasteiger partial charge in [0, 0.05) is 0 Å². The van der Waals surface area contributed by atoms with E-state index in [9.17, 15) is 0 Å². The Morgan fingerprint density at radius 1 is 1.17 bits per heavy atom. The van der Waals surface area contributed by atoms with E-state index >= 15 is 0 Å². The van der Waals surface area contributed by atoms with Crippen LogP contribution in [0.5, 0.6) is 0 Å². The summed E-state index contributed by atoms with van der Waals surface area (Å²) < 4.78 is 0. The fourth-order valence-electron chi connectivity index (χ4n) is 1.47. The topological polar surface area (TPSA) is 20.2 Å². The lowest BCUT2D eigenvalue weighted by atomic mass is 9.93. The van der Waals surface area contributed by atoms with Gasteiger partial charge in [0.15, 0.2) is 0 Å². The summed E-state index contributed by atoms with van der Waals surface area (Å²) in [4.78, 5) is 0. The molecule has 0 aliphatic heterocycles. The zero-order valence-corrected chi connectivity index (χ0v) is 8.55. The Morgan fingerprint density at radius 3 is 2.25 bits per heavy atom. The van der Waals surface area contributed by atoms with E-state index in [4.69, 9.17) is 5.11 Å². The van der Waals surface area contributed by atoms with Crippen LogP contribution in [-0.2, 0) is 0 Å². The molecule has 0 amide bonds. The summed E-state index contributed by atoms with van der Waals surface area (Å²) in [5, 5.41) is 9.01. The largest absolute Gasteiger partial charge is 0.393 e. The van der Waals surface area contributed by atoms with E-state index in [-0.39, 0.29) is 6.10 Å². The molecule has 0 aliphatic carbocycles. The van der Waals surface area contributed by atoms with Crippen LogP contribution < -0.4 is 0 Å². The third-order valence-corrected chi connectivity index (χ3v) is 2.45. The minimum Gasteiger partial charge on any atom is -0.393 e. The number of unbranched alkanes of at least 4 members (excludes halogenated alkanes) is 1. The van der Waals surface area contributed by atoms with Crippen LogP contribution in [0.15, 0.2) is 0 Å². The lowest BCUT2D eigenvalue weighted by molar-refractivity contribution is 0.195. The molecular formula is C11H23O. The van der Waals surface area contributed by atoms with Crippen molar-refractivity contribution >= 4 is 0 Å². The van der Waals surface area contributed by atoms with Crippen molar-refractivity contribution in [3.05, 3.63) is 6.92 Å². The molecular weight excluding hydrogens is 148 g/mol. The summed E-state index contributed by atoms with van der Waals surface area (Å²) in [5.74, 6) is 0.807. The zero-order chi connectivity index (χ0) is 9.40. The minimum atomic E-state index is -0.360. The molecule has 73 valence electrons. The first-order chi connectivity index (χ1) is 5.70. The highest BCUT2D eigenvalue weighted by atomic mass is 16.3. The third-order valence-electron chi connectivity index (χ3n) is 2.45. The van der Waals surface area contributed by atoms with Gasteiger partial charge >= 0.3 is 0 Å². The van der Waals surface area contributed by atoms with Crippen LogP contribution in [0, 0.1) is 12.8 Å². The Bertz CT molecular complexity index is 89.0. The summed E-state index contributed by atoms with van der Waals surface area (Å²) in [6.45, 7) is 8.04. The van der Waals surface area contributed by atoms with Crippen molar-refractivity contribution in [3.8, 4) is 0 Å². The molecule has 0 aromatic heterocycles. The molecule has 1 radical (unpaired) electrons. The van der Waals surface area contributed by atoms with E-state index < -0.39 is 0 Å². The molecule has 12 heavy (non-hydrogen) atoms. The van der Waals surface area contributed by atoms with E-state index in [0.717, 1.165) is 18.8 Å². The average molecular weight is 171 g/mol. The maximum atomic E-state index is 9.01. The van der Waals surface area contributed by atoms with E-state index in [0.29, 0.717) is 0 Å². The van der Waals surface area contributed by atoms with Gasteiger partial charge in [-0.2, -0.15) is 0 Å². The molecule has 0 aromatic rings. The second-order valence-electron chi connectivity index (χ2n) is 3.65. The molecule has 2 atom stereocenters. The fourth-order valence-corrected chi connectivity index (χ4v) is 1.47. The van der Waals surface area contributed by atoms with Crippen LogP contribution in [-0.4, -0.2) is 11.2 Å². The predicted molar refractivity (Wildman–Crippen MR) is 53.9 cm³/mol. The Hall–Kier alpha value is -0.0400. The SMILES string of the molecule is [CH2]C(O)CCC(CC)CCCC. The number of hydrogen-bond donors (Lipinski definition) is 1. The van der Waals surface area contributed by atoms with Crippen molar-refractivity contribution in [2.24, 2.45) is 5.92 Å². The van der Waals surface area contributed by atoms with Gasteiger partial charge in [0.2, 0.25) is 0 Å². The van der Waals surface area contributed by atoms with Crippen LogP contribution >= 0.6 is 0 Å². The third kappa shape index (κ3) is 6.66. The first kappa shape index (κ1) is 12.0. The van der Waals surface area contributed by atoms with Gasteiger partial charge in [0.05, 0.1) is 6.10 Å². The van der Waals surface area contributed by atoms with Crippen molar-refractivity contribution in [2.45, 2.75) is 58.5 Å². The molecule has 1 heteroatoms. The van der Waals surface area contributed by atoms with Crippen LogP contribution in [0.3, 0.4) is 0 Å². The highest BCUT2D eigenvalue weighted by Crippen LogP contribution is 2.18. The summed E-state index contributed by atoms with van der Waals surface area (Å²) in [6, 6.07) is 0. The van der Waals surface area contributed by atoms with Crippen LogP contribution in [0.4, 0.5) is 0 Å². The first-order valence-corrected chi connectivity index (χ1v) is 5.21. The molecule has 0 saturated carbocycles. The monoisotopic (exact) mass is 171 g/mol. The van der Waals surface area contributed by atoms with Crippen molar-refractivity contribution in [1.29, 1.82) is 0 Å². The lowest BCUT2D eigenvalue weighted by Crippen LogP contribution is -2.05. The molecule has 1 nitrogen and oxygen atoms in total. The van der Waals surface area contributed by atoms with Crippen molar-refractivity contribution < 1.29 is 5.11 Å². The van der Waals surface area contributed by atoms with Crippen LogP contribution in [0.1, 0.15) is 52.4 Å². The van der Waals surface area contributed by atoms with E-state index in [1.54, 1.807) is 0 Å². The van der Waals surface area contributed by atoms with Gasteiger partial charge in [-0.3, -0.25) is 0 Å². The highest BCUT2D eigenvalue weighted by Gasteiger charge is 2.06. The molecule has 1 N–H and O–H groups in total. The van der Waals surface area contributed by atoms with Crippen LogP contribution in [0.2, 0.25) is 0 Å². The molecule has 0 heterocycles. The second kappa shape index (κ2) is 7.60. The molecule has 0 bridgehead atoms. The number of hydrogen-bond acceptors (Lipinski definition) is 1.